The number of likely N-dealkylation sites (tertiary alicyclic amines) is 1. The number of hydrogen-bond acceptors (Lipinski definition) is 5. The summed E-state index contributed by atoms with van der Waals surface area (Å²) in [5.74, 6) is -0.790. The molecule has 0 atom stereocenters. The molecule has 10 heteroatoms. The van der Waals surface area contributed by atoms with Crippen LogP contribution in [0.15, 0.2) is 53.4 Å². The lowest BCUT2D eigenvalue weighted by Gasteiger charge is -2.31. The number of benzene rings is 2. The van der Waals surface area contributed by atoms with Gasteiger partial charge in [-0.2, -0.15) is 0 Å². The molecule has 8 nitrogen and oxygen atoms in total. The minimum Gasteiger partial charge on any atom is -0.385 e. The Labute approximate surface area is 193 Å². The van der Waals surface area contributed by atoms with Gasteiger partial charge >= 0.3 is 0 Å². The van der Waals surface area contributed by atoms with Crippen LogP contribution in [-0.2, 0) is 19.6 Å². The maximum atomic E-state index is 13.0. The summed E-state index contributed by atoms with van der Waals surface area (Å²) in [6.07, 6.45) is 1.95. The van der Waals surface area contributed by atoms with E-state index in [2.05, 4.69) is 10.0 Å². The molecule has 0 unspecified atom stereocenters. The Bertz CT molecular complexity index is 1050. The predicted octanol–water partition coefficient (Wildman–Crippen LogP) is 2.63. The molecule has 1 fully saturated rings. The number of amides is 2. The van der Waals surface area contributed by atoms with Gasteiger partial charge in [-0.25, -0.2) is 12.8 Å². The number of methoxy groups -OCH3 is 1. The summed E-state index contributed by atoms with van der Waals surface area (Å²) in [5, 5.41) is 2.91. The molecule has 0 aliphatic carbocycles. The number of carbonyl (C=O) groups is 2. The molecule has 1 aliphatic rings. The molecule has 1 saturated heterocycles. The first-order valence-corrected chi connectivity index (χ1v) is 12.2. The Morgan fingerprint density at radius 2 is 1.70 bits per heavy atom. The SMILES string of the molecule is COCCCNC(=O)C1CCN(C(=O)c2ccc(NS(=O)(=O)c3ccc(F)cc3)cc2)CC1. The van der Waals surface area contributed by atoms with Gasteiger partial charge in [-0.3, -0.25) is 14.3 Å². The van der Waals surface area contributed by atoms with Crippen LogP contribution in [-0.4, -0.2) is 58.5 Å². The highest BCUT2D eigenvalue weighted by Gasteiger charge is 2.27. The van der Waals surface area contributed by atoms with Gasteiger partial charge in [-0.15, -0.1) is 0 Å². The van der Waals surface area contributed by atoms with Gasteiger partial charge in [0, 0.05) is 50.5 Å². The van der Waals surface area contributed by atoms with Crippen LogP contribution in [0.25, 0.3) is 0 Å². The second-order valence-corrected chi connectivity index (χ2v) is 9.52. The summed E-state index contributed by atoms with van der Waals surface area (Å²) in [5.41, 5.74) is 0.724. The third-order valence-corrected chi connectivity index (χ3v) is 6.88. The highest BCUT2D eigenvalue weighted by atomic mass is 32.2. The highest BCUT2D eigenvalue weighted by molar-refractivity contribution is 7.92. The normalized spacial score (nSPS) is 14.7. The zero-order valence-electron chi connectivity index (χ0n) is 18.4. The first-order valence-electron chi connectivity index (χ1n) is 10.7. The zero-order chi connectivity index (χ0) is 23.8. The molecular weight excluding hydrogens is 449 g/mol. The van der Waals surface area contributed by atoms with Crippen molar-refractivity contribution in [1.29, 1.82) is 0 Å². The third-order valence-electron chi connectivity index (χ3n) is 5.49. The number of piperidine rings is 1. The summed E-state index contributed by atoms with van der Waals surface area (Å²) in [6, 6.07) is 10.6. The standard InChI is InChI=1S/C23H28FN3O5S/c1-32-16-2-13-25-22(28)17-11-14-27(15-12-17)23(29)18-3-7-20(8-4-18)26-33(30,31)21-9-5-19(24)6-10-21/h3-10,17,26H,2,11-16H2,1H3,(H,25,28). The van der Waals surface area contributed by atoms with Crippen molar-refractivity contribution in [3.8, 4) is 0 Å². The number of anilines is 1. The first kappa shape index (κ1) is 24.7. The fourth-order valence-electron chi connectivity index (χ4n) is 3.61. The van der Waals surface area contributed by atoms with Crippen LogP contribution in [0.1, 0.15) is 29.6 Å². The fraction of sp³-hybridized carbons (Fsp3) is 0.391. The lowest BCUT2D eigenvalue weighted by atomic mass is 9.95. The Balaban J connectivity index is 1.52. The Kier molecular flexibility index (Phi) is 8.40. The van der Waals surface area contributed by atoms with E-state index < -0.39 is 15.8 Å². The van der Waals surface area contributed by atoms with Crippen molar-refractivity contribution in [2.75, 3.05) is 38.1 Å². The Morgan fingerprint density at radius 1 is 1.06 bits per heavy atom. The molecule has 0 radical (unpaired) electrons. The number of carbonyl (C=O) groups excluding carboxylic acids is 2. The number of ether oxygens (including phenoxy) is 1. The smallest absolute Gasteiger partial charge is 0.261 e. The van der Waals surface area contributed by atoms with Gasteiger partial charge in [0.15, 0.2) is 0 Å². The van der Waals surface area contributed by atoms with E-state index in [0.29, 0.717) is 50.3 Å². The van der Waals surface area contributed by atoms with Crippen molar-refractivity contribution in [2.45, 2.75) is 24.2 Å². The van der Waals surface area contributed by atoms with Crippen LogP contribution in [0.5, 0.6) is 0 Å². The molecule has 2 amide bonds. The van der Waals surface area contributed by atoms with E-state index in [1.54, 1.807) is 24.1 Å². The van der Waals surface area contributed by atoms with Gasteiger partial charge < -0.3 is 15.0 Å². The first-order chi connectivity index (χ1) is 15.8. The molecule has 0 bridgehead atoms. The molecule has 178 valence electrons. The Hall–Kier alpha value is -2.98. The molecule has 1 aliphatic heterocycles. The molecule has 2 aromatic rings. The number of nitrogens with one attached hydrogen (secondary N) is 2. The molecule has 3 rings (SSSR count). The topological polar surface area (TPSA) is 105 Å². The van der Waals surface area contributed by atoms with Gasteiger partial charge in [-0.1, -0.05) is 0 Å². The minimum absolute atomic E-state index is 0.0102. The molecule has 0 saturated carbocycles. The lowest BCUT2D eigenvalue weighted by molar-refractivity contribution is -0.126. The fourth-order valence-corrected chi connectivity index (χ4v) is 4.67. The monoisotopic (exact) mass is 477 g/mol. The minimum atomic E-state index is -3.87. The van der Waals surface area contributed by atoms with E-state index >= 15 is 0 Å². The van der Waals surface area contributed by atoms with Crippen molar-refractivity contribution in [2.24, 2.45) is 5.92 Å². The van der Waals surface area contributed by atoms with E-state index in [1.165, 1.54) is 24.3 Å². The third kappa shape index (κ3) is 6.75. The van der Waals surface area contributed by atoms with Crippen molar-refractivity contribution >= 4 is 27.5 Å². The van der Waals surface area contributed by atoms with Crippen molar-refractivity contribution in [3.63, 3.8) is 0 Å². The maximum absolute atomic E-state index is 13.0. The zero-order valence-corrected chi connectivity index (χ0v) is 19.2. The van der Waals surface area contributed by atoms with Crippen molar-refractivity contribution < 1.29 is 27.1 Å². The number of halogens is 1. The van der Waals surface area contributed by atoms with Gasteiger partial charge in [-0.05, 0) is 67.8 Å². The quantitative estimate of drug-likeness (QED) is 0.541. The summed E-state index contributed by atoms with van der Waals surface area (Å²) >= 11 is 0. The van der Waals surface area contributed by atoms with Crippen LogP contribution in [0.3, 0.4) is 0 Å². The van der Waals surface area contributed by atoms with Crippen molar-refractivity contribution in [1.82, 2.24) is 10.2 Å². The van der Waals surface area contributed by atoms with E-state index in [1.807, 2.05) is 0 Å². The molecule has 1 heterocycles. The second kappa shape index (κ2) is 11.2. The van der Waals surface area contributed by atoms with Gasteiger partial charge in [0.25, 0.3) is 15.9 Å². The predicted molar refractivity (Wildman–Crippen MR) is 122 cm³/mol. The number of sulfonamides is 1. The molecular formula is C23H28FN3O5S. The van der Waals surface area contributed by atoms with Crippen LogP contribution in [0, 0.1) is 11.7 Å². The van der Waals surface area contributed by atoms with Crippen LogP contribution < -0.4 is 10.0 Å². The number of rotatable bonds is 9. The van der Waals surface area contributed by atoms with E-state index in [-0.39, 0.29) is 22.6 Å². The van der Waals surface area contributed by atoms with Gasteiger partial charge in [0.05, 0.1) is 4.90 Å². The average molecular weight is 478 g/mol. The molecule has 33 heavy (non-hydrogen) atoms. The highest BCUT2D eigenvalue weighted by Crippen LogP contribution is 2.21. The van der Waals surface area contributed by atoms with Crippen LogP contribution in [0.2, 0.25) is 0 Å². The van der Waals surface area contributed by atoms with Crippen LogP contribution >= 0.6 is 0 Å². The largest absolute Gasteiger partial charge is 0.385 e. The van der Waals surface area contributed by atoms with Crippen LogP contribution in [0.4, 0.5) is 10.1 Å². The van der Waals surface area contributed by atoms with Gasteiger partial charge in [0.1, 0.15) is 5.82 Å². The van der Waals surface area contributed by atoms with E-state index in [0.717, 1.165) is 18.6 Å². The lowest BCUT2D eigenvalue weighted by Crippen LogP contribution is -2.43. The van der Waals surface area contributed by atoms with Gasteiger partial charge in [0.2, 0.25) is 5.91 Å². The average Bonchev–Trinajstić information content (AvgIpc) is 2.82. The second-order valence-electron chi connectivity index (χ2n) is 7.84. The van der Waals surface area contributed by atoms with Crippen molar-refractivity contribution in [3.05, 3.63) is 59.9 Å². The molecule has 2 aromatic carbocycles. The van der Waals surface area contributed by atoms with E-state index in [4.69, 9.17) is 4.74 Å². The molecule has 0 spiro atoms. The molecule has 0 aromatic heterocycles. The maximum Gasteiger partial charge on any atom is 0.261 e. The molecule has 2 N–H and O–H groups in total. The summed E-state index contributed by atoms with van der Waals surface area (Å²) in [7, 11) is -2.25. The number of nitrogens with zero attached hydrogens (tertiary/aromatic N) is 1. The van der Waals surface area contributed by atoms with E-state index in [9.17, 15) is 22.4 Å². The summed E-state index contributed by atoms with van der Waals surface area (Å²) < 4.78 is 45.2. The summed E-state index contributed by atoms with van der Waals surface area (Å²) in [4.78, 5) is 26.7. The number of hydrogen-bond donors (Lipinski definition) is 2. The summed E-state index contributed by atoms with van der Waals surface area (Å²) in [6.45, 7) is 2.13. The Morgan fingerprint density at radius 3 is 2.30 bits per heavy atom.